The van der Waals surface area contributed by atoms with Crippen molar-refractivity contribution in [3.8, 4) is 0 Å². The lowest BCUT2D eigenvalue weighted by Crippen LogP contribution is -1.99. The van der Waals surface area contributed by atoms with Crippen LogP contribution in [0, 0.1) is 3.57 Å². The van der Waals surface area contributed by atoms with Gasteiger partial charge in [-0.1, -0.05) is 47.6 Å². The summed E-state index contributed by atoms with van der Waals surface area (Å²) in [6, 6.07) is 15.4. The second-order valence-electron chi connectivity index (χ2n) is 4.26. The van der Waals surface area contributed by atoms with Crippen LogP contribution in [-0.4, -0.2) is 5.16 Å². The van der Waals surface area contributed by atoms with Gasteiger partial charge in [-0.2, -0.15) is 0 Å². The maximum Gasteiger partial charge on any atom is 0.237 e. The number of hydrogen-bond donors (Lipinski definition) is 0. The zero-order valence-corrected chi connectivity index (χ0v) is 12.6. The van der Waals surface area contributed by atoms with E-state index >= 15 is 0 Å². The highest BCUT2D eigenvalue weighted by molar-refractivity contribution is 14.1. The first kappa shape index (κ1) is 13.1. The number of nitrogens with zero attached hydrogens (tertiary/aromatic N) is 1. The van der Waals surface area contributed by atoms with E-state index < -0.39 is 0 Å². The number of aromatic nitrogens is 1. The molecule has 3 rings (SSSR count). The van der Waals surface area contributed by atoms with Gasteiger partial charge in [0.1, 0.15) is 5.69 Å². The maximum absolute atomic E-state index is 12.1. The summed E-state index contributed by atoms with van der Waals surface area (Å²) in [6.45, 7) is 0. The summed E-state index contributed by atoms with van der Waals surface area (Å²) in [5.41, 5.74) is 1.90. The van der Waals surface area contributed by atoms with Crippen molar-refractivity contribution < 1.29 is 4.52 Å². The van der Waals surface area contributed by atoms with Crippen LogP contribution >= 0.6 is 22.6 Å². The molecule has 0 unspecified atom stereocenters. The Morgan fingerprint density at radius 2 is 1.80 bits per heavy atom. The monoisotopic (exact) mass is 375 g/mol. The van der Waals surface area contributed by atoms with E-state index in [1.807, 2.05) is 77.2 Å². The van der Waals surface area contributed by atoms with Gasteiger partial charge in [0.15, 0.2) is 0 Å². The second-order valence-corrected chi connectivity index (χ2v) is 5.42. The van der Waals surface area contributed by atoms with Crippen molar-refractivity contribution in [1.82, 2.24) is 5.16 Å². The quantitative estimate of drug-likeness (QED) is 0.637. The molecule has 0 spiro atoms. The third-order valence-electron chi connectivity index (χ3n) is 2.92. The van der Waals surface area contributed by atoms with Gasteiger partial charge in [0, 0.05) is 0 Å². The molecule has 0 radical (unpaired) electrons. The highest BCUT2D eigenvalue weighted by Crippen LogP contribution is 2.17. The molecule has 0 N–H and O–H groups in total. The topological polar surface area (TPSA) is 43.1 Å². The van der Waals surface area contributed by atoms with Gasteiger partial charge in [0.25, 0.3) is 0 Å². The first-order chi connectivity index (χ1) is 9.75. The molecular formula is C16H10INO2. The van der Waals surface area contributed by atoms with E-state index in [9.17, 15) is 4.79 Å². The summed E-state index contributed by atoms with van der Waals surface area (Å²) in [6.07, 6.45) is 3.80. The van der Waals surface area contributed by atoms with Crippen molar-refractivity contribution in [2.24, 2.45) is 0 Å². The predicted molar refractivity (Wildman–Crippen MR) is 88.4 cm³/mol. The summed E-state index contributed by atoms with van der Waals surface area (Å²) in [5, 5.41) is 4.70. The Labute approximate surface area is 129 Å². The molecule has 0 bridgehead atoms. The summed E-state index contributed by atoms with van der Waals surface area (Å²) in [4.78, 5) is 12.1. The van der Waals surface area contributed by atoms with Crippen molar-refractivity contribution in [1.29, 1.82) is 0 Å². The molecule has 0 saturated carbocycles. The van der Waals surface area contributed by atoms with E-state index in [1.54, 1.807) is 6.07 Å². The fraction of sp³-hybridized carbons (Fsp3) is 0. The summed E-state index contributed by atoms with van der Waals surface area (Å²) in [7, 11) is 0. The molecular weight excluding hydrogens is 365 g/mol. The fourth-order valence-electron chi connectivity index (χ4n) is 1.91. The molecule has 2 aromatic carbocycles. The van der Waals surface area contributed by atoms with Crippen LogP contribution in [0.3, 0.4) is 0 Å². The third-order valence-corrected chi connectivity index (χ3v) is 3.77. The van der Waals surface area contributed by atoms with Crippen LogP contribution in [0.4, 0.5) is 0 Å². The zero-order chi connectivity index (χ0) is 13.9. The molecule has 3 nitrogen and oxygen atoms in total. The van der Waals surface area contributed by atoms with Crippen LogP contribution in [-0.2, 0) is 0 Å². The summed E-state index contributed by atoms with van der Waals surface area (Å²) in [5.74, 6) is 0. The molecule has 0 fully saturated rings. The molecule has 1 heterocycles. The Balaban J connectivity index is 2.11. The van der Waals surface area contributed by atoms with E-state index in [0.29, 0.717) is 14.8 Å². The Morgan fingerprint density at radius 3 is 2.60 bits per heavy atom. The van der Waals surface area contributed by atoms with Gasteiger partial charge >= 0.3 is 0 Å². The lowest BCUT2D eigenvalue weighted by Gasteiger charge is -1.89. The van der Waals surface area contributed by atoms with Crippen LogP contribution in [0.1, 0.15) is 11.3 Å². The standard InChI is InChI=1S/C16H10INO2/c17-13-8-4-7-12-14(18-20-16(12)15(13)19)10-9-11-5-2-1-3-6-11/h1-10H/b10-9+. The summed E-state index contributed by atoms with van der Waals surface area (Å²) >= 11 is 2.00. The van der Waals surface area contributed by atoms with E-state index in [2.05, 4.69) is 5.16 Å². The van der Waals surface area contributed by atoms with Crippen LogP contribution < -0.4 is 5.43 Å². The third kappa shape index (κ3) is 2.51. The number of hydrogen-bond acceptors (Lipinski definition) is 3. The lowest BCUT2D eigenvalue weighted by atomic mass is 10.2. The van der Waals surface area contributed by atoms with Crippen molar-refractivity contribution in [3.05, 3.63) is 73.6 Å². The molecule has 3 aromatic rings. The van der Waals surface area contributed by atoms with E-state index in [-0.39, 0.29) is 5.43 Å². The molecule has 0 atom stereocenters. The van der Waals surface area contributed by atoms with Crippen molar-refractivity contribution in [2.45, 2.75) is 0 Å². The fourth-order valence-corrected chi connectivity index (χ4v) is 2.36. The molecule has 98 valence electrons. The molecule has 0 aliphatic rings. The van der Waals surface area contributed by atoms with E-state index in [4.69, 9.17) is 4.52 Å². The average molecular weight is 375 g/mol. The van der Waals surface area contributed by atoms with Crippen molar-refractivity contribution >= 4 is 45.7 Å². The van der Waals surface area contributed by atoms with Crippen molar-refractivity contribution in [3.63, 3.8) is 0 Å². The van der Waals surface area contributed by atoms with Gasteiger partial charge in [0.2, 0.25) is 11.0 Å². The highest BCUT2D eigenvalue weighted by Gasteiger charge is 2.09. The van der Waals surface area contributed by atoms with Gasteiger partial charge in [-0.25, -0.2) is 0 Å². The number of rotatable bonds is 2. The second kappa shape index (κ2) is 5.58. The number of benzene rings is 1. The molecule has 4 heteroatoms. The molecule has 0 saturated heterocycles. The zero-order valence-electron chi connectivity index (χ0n) is 10.4. The van der Waals surface area contributed by atoms with Gasteiger partial charge in [-0.05, 0) is 46.4 Å². The van der Waals surface area contributed by atoms with Crippen LogP contribution in [0.5, 0.6) is 0 Å². The largest absolute Gasteiger partial charge is 0.351 e. The number of fused-ring (bicyclic) bond motifs is 1. The smallest absolute Gasteiger partial charge is 0.237 e. The van der Waals surface area contributed by atoms with Crippen LogP contribution in [0.25, 0.3) is 23.1 Å². The Kier molecular flexibility index (Phi) is 3.64. The minimum absolute atomic E-state index is 0.127. The highest BCUT2D eigenvalue weighted by atomic mass is 127. The van der Waals surface area contributed by atoms with E-state index in [1.165, 1.54) is 0 Å². The minimum Gasteiger partial charge on any atom is -0.351 e. The van der Waals surface area contributed by atoms with Gasteiger partial charge in [0.05, 0.1) is 8.96 Å². The lowest BCUT2D eigenvalue weighted by molar-refractivity contribution is 0.453. The average Bonchev–Trinajstić information content (AvgIpc) is 2.82. The van der Waals surface area contributed by atoms with Crippen molar-refractivity contribution in [2.75, 3.05) is 0 Å². The predicted octanol–water partition coefficient (Wildman–Crippen LogP) is 3.96. The number of halogens is 1. The first-order valence-corrected chi connectivity index (χ1v) is 7.15. The van der Waals surface area contributed by atoms with Crippen LogP contribution in [0.15, 0.2) is 57.8 Å². The Bertz CT molecular complexity index is 838. The van der Waals surface area contributed by atoms with Gasteiger partial charge in [-0.15, -0.1) is 0 Å². The molecule has 20 heavy (non-hydrogen) atoms. The van der Waals surface area contributed by atoms with Crippen LogP contribution in [0.2, 0.25) is 0 Å². The maximum atomic E-state index is 12.1. The molecule has 0 aliphatic carbocycles. The van der Waals surface area contributed by atoms with Gasteiger partial charge < -0.3 is 4.52 Å². The Morgan fingerprint density at radius 1 is 1.00 bits per heavy atom. The molecule has 0 amide bonds. The SMILES string of the molecule is O=c1c(I)cccc2c(/C=C/c3ccccc3)noc12. The molecule has 0 aliphatic heterocycles. The summed E-state index contributed by atoms with van der Waals surface area (Å²) < 4.78 is 5.81. The van der Waals surface area contributed by atoms with E-state index in [0.717, 1.165) is 10.9 Å². The first-order valence-electron chi connectivity index (χ1n) is 6.07. The molecule has 1 aromatic heterocycles. The Hall–Kier alpha value is -1.95. The van der Waals surface area contributed by atoms with Gasteiger partial charge in [-0.3, -0.25) is 4.79 Å². The normalized spacial score (nSPS) is 11.2. The minimum atomic E-state index is -0.127.